The highest BCUT2D eigenvalue weighted by atomic mass is 19.1. The number of nitrogens with zero attached hydrogens (tertiary/aromatic N) is 3. The second-order valence-electron chi connectivity index (χ2n) is 5.57. The third-order valence-electron chi connectivity index (χ3n) is 3.82. The summed E-state index contributed by atoms with van der Waals surface area (Å²) in [4.78, 5) is 16.6. The Labute approximate surface area is 141 Å². The number of H-pyrrole nitrogens is 2. The van der Waals surface area contributed by atoms with Gasteiger partial charge in [-0.25, -0.2) is 9.37 Å². The lowest BCUT2D eigenvalue weighted by molar-refractivity contribution is 0.102. The zero-order valence-electron chi connectivity index (χ0n) is 13.2. The molecular formula is C17H13FN6O. The van der Waals surface area contributed by atoms with Gasteiger partial charge in [-0.2, -0.15) is 10.2 Å². The predicted octanol–water partition coefficient (Wildman–Crippen LogP) is 3.05. The van der Waals surface area contributed by atoms with Gasteiger partial charge in [0.15, 0.2) is 5.65 Å². The van der Waals surface area contributed by atoms with Crippen molar-refractivity contribution in [2.45, 2.75) is 6.92 Å². The zero-order chi connectivity index (χ0) is 17.4. The van der Waals surface area contributed by atoms with E-state index in [0.717, 1.165) is 11.1 Å². The van der Waals surface area contributed by atoms with Crippen molar-refractivity contribution in [3.8, 4) is 11.3 Å². The maximum absolute atomic E-state index is 13.0. The van der Waals surface area contributed by atoms with Gasteiger partial charge < -0.3 is 5.32 Å². The van der Waals surface area contributed by atoms with E-state index in [0.29, 0.717) is 28.3 Å². The van der Waals surface area contributed by atoms with Crippen molar-refractivity contribution in [1.82, 2.24) is 25.4 Å². The minimum absolute atomic E-state index is 0.295. The smallest absolute Gasteiger partial charge is 0.273 e. The highest BCUT2D eigenvalue weighted by Gasteiger charge is 2.13. The number of nitrogens with one attached hydrogen (secondary N) is 3. The summed E-state index contributed by atoms with van der Waals surface area (Å²) in [5.41, 5.74) is 3.59. The van der Waals surface area contributed by atoms with E-state index in [1.165, 1.54) is 18.3 Å². The van der Waals surface area contributed by atoms with Crippen LogP contribution < -0.4 is 5.32 Å². The van der Waals surface area contributed by atoms with Crippen LogP contribution in [-0.4, -0.2) is 31.3 Å². The maximum Gasteiger partial charge on any atom is 0.273 e. The number of carbonyl (C=O) groups excluding carboxylic acids is 1. The van der Waals surface area contributed by atoms with Crippen LogP contribution in [0.25, 0.3) is 22.3 Å². The van der Waals surface area contributed by atoms with Gasteiger partial charge in [0.05, 0.1) is 17.6 Å². The van der Waals surface area contributed by atoms with Crippen LogP contribution in [0.15, 0.2) is 42.6 Å². The molecule has 0 atom stereocenters. The molecule has 124 valence electrons. The summed E-state index contributed by atoms with van der Waals surface area (Å²) in [6.45, 7) is 1.88. The molecule has 0 bridgehead atoms. The van der Waals surface area contributed by atoms with Crippen molar-refractivity contribution < 1.29 is 9.18 Å². The van der Waals surface area contributed by atoms with Crippen LogP contribution in [-0.2, 0) is 0 Å². The van der Waals surface area contributed by atoms with E-state index in [9.17, 15) is 9.18 Å². The zero-order valence-corrected chi connectivity index (χ0v) is 13.2. The molecule has 1 amide bonds. The molecule has 0 saturated carbocycles. The number of pyridine rings is 1. The lowest BCUT2D eigenvalue weighted by Gasteiger charge is -2.02. The summed E-state index contributed by atoms with van der Waals surface area (Å²) in [6.07, 6.45) is 1.54. The molecule has 8 heteroatoms. The Morgan fingerprint density at radius 2 is 1.92 bits per heavy atom. The van der Waals surface area contributed by atoms with Crippen LogP contribution in [0.2, 0.25) is 0 Å². The number of amides is 1. The van der Waals surface area contributed by atoms with Gasteiger partial charge >= 0.3 is 0 Å². The summed E-state index contributed by atoms with van der Waals surface area (Å²) in [6, 6.07) is 9.31. The Morgan fingerprint density at radius 3 is 2.72 bits per heavy atom. The fraction of sp³-hybridized carbons (Fsp3) is 0.0588. The Kier molecular flexibility index (Phi) is 3.50. The van der Waals surface area contributed by atoms with Crippen molar-refractivity contribution in [2.75, 3.05) is 5.32 Å². The van der Waals surface area contributed by atoms with E-state index >= 15 is 0 Å². The number of rotatable bonds is 3. The van der Waals surface area contributed by atoms with Crippen molar-refractivity contribution in [3.05, 3.63) is 59.8 Å². The number of anilines is 1. The molecule has 1 aromatic carbocycles. The number of carbonyl (C=O) groups is 1. The van der Waals surface area contributed by atoms with Gasteiger partial charge in [0.1, 0.15) is 11.5 Å². The summed E-state index contributed by atoms with van der Waals surface area (Å²) >= 11 is 0. The average molecular weight is 336 g/mol. The van der Waals surface area contributed by atoms with Crippen LogP contribution in [0, 0.1) is 12.7 Å². The molecule has 0 aliphatic rings. The number of hydrogen-bond acceptors (Lipinski definition) is 4. The Balaban J connectivity index is 1.56. The molecule has 0 fully saturated rings. The Bertz CT molecular complexity index is 1070. The highest BCUT2D eigenvalue weighted by Crippen LogP contribution is 2.20. The predicted molar refractivity (Wildman–Crippen MR) is 90.6 cm³/mol. The number of hydrogen-bond donors (Lipinski definition) is 3. The molecule has 0 radical (unpaired) electrons. The summed E-state index contributed by atoms with van der Waals surface area (Å²) in [5, 5.41) is 17.3. The minimum atomic E-state index is -0.344. The quantitative estimate of drug-likeness (QED) is 0.535. The van der Waals surface area contributed by atoms with Crippen LogP contribution >= 0.6 is 0 Å². The second kappa shape index (κ2) is 5.82. The minimum Gasteiger partial charge on any atom is -0.319 e. The molecular weight excluding hydrogens is 323 g/mol. The Hall–Kier alpha value is -3.55. The lowest BCUT2D eigenvalue weighted by atomic mass is 10.1. The largest absolute Gasteiger partial charge is 0.319 e. The average Bonchev–Trinajstić information content (AvgIpc) is 3.24. The first kappa shape index (κ1) is 15.0. The molecule has 3 heterocycles. The van der Waals surface area contributed by atoms with Crippen molar-refractivity contribution in [3.63, 3.8) is 0 Å². The normalized spacial score (nSPS) is 11.0. The van der Waals surface area contributed by atoms with Crippen molar-refractivity contribution >= 4 is 22.6 Å². The molecule has 0 aliphatic heterocycles. The van der Waals surface area contributed by atoms with Gasteiger partial charge in [0.2, 0.25) is 0 Å². The maximum atomic E-state index is 13.0. The standard InChI is InChI=1S/C17H13FN6O/c1-9-13-6-12(8-19-16(13)24-21-9)20-17(25)15-7-14(22-23-15)10-2-4-11(18)5-3-10/h2-8H,1H3,(H,20,25)(H,22,23)(H,19,21,24). The second-order valence-corrected chi connectivity index (χ2v) is 5.57. The van der Waals surface area contributed by atoms with E-state index < -0.39 is 0 Å². The fourth-order valence-corrected chi connectivity index (χ4v) is 2.49. The van der Waals surface area contributed by atoms with E-state index in [2.05, 4.69) is 30.7 Å². The molecule has 0 aliphatic carbocycles. The van der Waals surface area contributed by atoms with E-state index in [1.807, 2.05) is 6.92 Å². The first-order valence-electron chi connectivity index (χ1n) is 7.53. The number of aromatic amines is 2. The van der Waals surface area contributed by atoms with E-state index in [-0.39, 0.29) is 11.7 Å². The molecule has 7 nitrogen and oxygen atoms in total. The van der Waals surface area contributed by atoms with E-state index in [4.69, 9.17) is 0 Å². The summed E-state index contributed by atoms with van der Waals surface area (Å²) in [7, 11) is 0. The molecule has 4 aromatic rings. The lowest BCUT2D eigenvalue weighted by Crippen LogP contribution is -2.12. The molecule has 0 saturated heterocycles. The molecule has 25 heavy (non-hydrogen) atoms. The van der Waals surface area contributed by atoms with Crippen LogP contribution in [0.5, 0.6) is 0 Å². The molecule has 3 aromatic heterocycles. The molecule has 3 N–H and O–H groups in total. The van der Waals surface area contributed by atoms with Gasteiger partial charge in [0, 0.05) is 16.6 Å². The van der Waals surface area contributed by atoms with E-state index in [1.54, 1.807) is 24.3 Å². The number of aryl methyl sites for hydroxylation is 1. The first-order valence-corrected chi connectivity index (χ1v) is 7.53. The highest BCUT2D eigenvalue weighted by molar-refractivity contribution is 6.04. The topological polar surface area (TPSA) is 99.3 Å². The van der Waals surface area contributed by atoms with Gasteiger partial charge in [-0.3, -0.25) is 15.0 Å². The number of benzene rings is 1. The van der Waals surface area contributed by atoms with Crippen molar-refractivity contribution in [2.24, 2.45) is 0 Å². The van der Waals surface area contributed by atoms with Gasteiger partial charge in [-0.1, -0.05) is 0 Å². The number of aromatic nitrogens is 5. The monoisotopic (exact) mass is 336 g/mol. The van der Waals surface area contributed by atoms with Crippen molar-refractivity contribution in [1.29, 1.82) is 0 Å². The number of fused-ring (bicyclic) bond motifs is 1. The first-order chi connectivity index (χ1) is 12.1. The third-order valence-corrected chi connectivity index (χ3v) is 3.82. The molecule has 0 spiro atoms. The SMILES string of the molecule is Cc1[nH]nc2ncc(NC(=O)c3cc(-c4ccc(F)cc4)n[nH]3)cc12. The number of halogens is 1. The van der Waals surface area contributed by atoms with Gasteiger partial charge in [0.25, 0.3) is 5.91 Å². The van der Waals surface area contributed by atoms with Gasteiger partial charge in [-0.05, 0) is 43.3 Å². The summed E-state index contributed by atoms with van der Waals surface area (Å²) in [5.74, 6) is -0.669. The Morgan fingerprint density at radius 1 is 1.12 bits per heavy atom. The fourth-order valence-electron chi connectivity index (χ4n) is 2.49. The van der Waals surface area contributed by atoms with Gasteiger partial charge in [-0.15, -0.1) is 0 Å². The third kappa shape index (κ3) is 2.85. The summed E-state index contributed by atoms with van der Waals surface area (Å²) < 4.78 is 13.0. The molecule has 0 unspecified atom stereocenters. The van der Waals surface area contributed by atoms with Crippen LogP contribution in [0.3, 0.4) is 0 Å². The van der Waals surface area contributed by atoms with Crippen LogP contribution in [0.4, 0.5) is 10.1 Å². The van der Waals surface area contributed by atoms with Crippen LogP contribution in [0.1, 0.15) is 16.2 Å². The molecule has 4 rings (SSSR count).